The molecule has 3 nitrogen and oxygen atoms in total. The number of halogens is 1. The number of methoxy groups -OCH3 is 1. The molecule has 1 fully saturated rings. The largest absolute Gasteiger partial charge is 0.481 e. The quantitative estimate of drug-likeness (QED) is 0.842. The van der Waals surface area contributed by atoms with Crippen molar-refractivity contribution in [2.24, 2.45) is 0 Å². The number of pyridine rings is 1. The third-order valence-corrected chi connectivity index (χ3v) is 3.07. The second-order valence-corrected chi connectivity index (χ2v) is 4.16. The van der Waals surface area contributed by atoms with E-state index in [1.807, 2.05) is 6.07 Å². The van der Waals surface area contributed by atoms with Crippen molar-refractivity contribution in [3.05, 3.63) is 22.8 Å². The lowest BCUT2D eigenvalue weighted by Gasteiger charge is -2.24. The van der Waals surface area contributed by atoms with Crippen LogP contribution in [-0.4, -0.2) is 18.6 Å². The maximum Gasteiger partial charge on any atom is 0.213 e. The number of nitrogens with zero attached hydrogens (tertiary/aromatic N) is 1. The molecular weight excluding hydrogens is 212 g/mol. The summed E-state index contributed by atoms with van der Waals surface area (Å²) >= 11 is 6.13. The minimum absolute atomic E-state index is 0.350. The van der Waals surface area contributed by atoms with Crippen LogP contribution < -0.4 is 10.1 Å². The summed E-state index contributed by atoms with van der Waals surface area (Å²) < 4.78 is 5.10. The van der Waals surface area contributed by atoms with Gasteiger partial charge in [-0.05, 0) is 24.9 Å². The number of nitrogens with one attached hydrogen (secondary N) is 1. The van der Waals surface area contributed by atoms with E-state index in [1.165, 1.54) is 12.8 Å². The van der Waals surface area contributed by atoms with Crippen LogP contribution in [0.15, 0.2) is 12.3 Å². The number of piperidine rings is 1. The van der Waals surface area contributed by atoms with Crippen LogP contribution in [0.25, 0.3) is 0 Å². The van der Waals surface area contributed by atoms with Crippen molar-refractivity contribution in [1.82, 2.24) is 10.3 Å². The van der Waals surface area contributed by atoms with Crippen LogP contribution in [0.4, 0.5) is 0 Å². The van der Waals surface area contributed by atoms with Crippen LogP contribution in [0.2, 0.25) is 5.02 Å². The Morgan fingerprint density at radius 2 is 2.40 bits per heavy atom. The average Bonchev–Trinajstić information content (AvgIpc) is 2.31. The summed E-state index contributed by atoms with van der Waals surface area (Å²) in [6, 6.07) is 2.27. The molecule has 2 heterocycles. The van der Waals surface area contributed by atoms with Crippen molar-refractivity contribution in [2.75, 3.05) is 13.7 Å². The summed E-state index contributed by atoms with van der Waals surface area (Å²) in [5.74, 6) is 0.627. The fourth-order valence-electron chi connectivity index (χ4n) is 1.93. The van der Waals surface area contributed by atoms with Gasteiger partial charge in [-0.1, -0.05) is 18.0 Å². The molecule has 4 heteroatoms. The predicted molar refractivity (Wildman–Crippen MR) is 60.4 cm³/mol. The lowest BCUT2D eigenvalue weighted by molar-refractivity contribution is 0.389. The van der Waals surface area contributed by atoms with Gasteiger partial charge in [0.2, 0.25) is 5.88 Å². The molecule has 1 unspecified atom stereocenters. The fraction of sp³-hybridized carbons (Fsp3) is 0.545. The first-order valence-electron chi connectivity index (χ1n) is 5.24. The maximum absolute atomic E-state index is 6.13. The van der Waals surface area contributed by atoms with E-state index in [4.69, 9.17) is 16.3 Å². The van der Waals surface area contributed by atoms with E-state index in [-0.39, 0.29) is 0 Å². The highest BCUT2D eigenvalue weighted by atomic mass is 35.5. The molecule has 2 rings (SSSR count). The van der Waals surface area contributed by atoms with Crippen molar-refractivity contribution < 1.29 is 4.74 Å². The Bertz CT molecular complexity index is 337. The van der Waals surface area contributed by atoms with Gasteiger partial charge in [0.25, 0.3) is 0 Å². The second kappa shape index (κ2) is 4.81. The SMILES string of the molecule is COc1cc(C2CCCCN2)c(Cl)cn1. The van der Waals surface area contributed by atoms with Crippen molar-refractivity contribution >= 4 is 11.6 Å². The second-order valence-electron chi connectivity index (χ2n) is 3.75. The third-order valence-electron chi connectivity index (χ3n) is 2.75. The normalized spacial score (nSPS) is 21.3. The summed E-state index contributed by atoms with van der Waals surface area (Å²) in [6.07, 6.45) is 5.29. The third kappa shape index (κ3) is 2.41. The molecule has 1 N–H and O–H groups in total. The van der Waals surface area contributed by atoms with Gasteiger partial charge >= 0.3 is 0 Å². The molecule has 1 aromatic rings. The van der Waals surface area contributed by atoms with Crippen molar-refractivity contribution in [3.8, 4) is 5.88 Å². The van der Waals surface area contributed by atoms with Gasteiger partial charge in [0, 0.05) is 18.3 Å². The van der Waals surface area contributed by atoms with Crippen molar-refractivity contribution in [1.29, 1.82) is 0 Å². The highest BCUT2D eigenvalue weighted by Gasteiger charge is 2.18. The average molecular weight is 227 g/mol. The Morgan fingerprint density at radius 3 is 3.07 bits per heavy atom. The highest BCUT2D eigenvalue weighted by Crippen LogP contribution is 2.30. The first-order chi connectivity index (χ1) is 7.31. The van der Waals surface area contributed by atoms with Gasteiger partial charge in [0.1, 0.15) is 0 Å². The molecule has 0 amide bonds. The van der Waals surface area contributed by atoms with E-state index in [9.17, 15) is 0 Å². The van der Waals surface area contributed by atoms with Gasteiger partial charge < -0.3 is 10.1 Å². The standard InChI is InChI=1S/C11H15ClN2O/c1-15-11-6-8(9(12)7-14-11)10-4-2-3-5-13-10/h6-7,10,13H,2-5H2,1H3. The van der Waals surface area contributed by atoms with Gasteiger partial charge in [-0.25, -0.2) is 4.98 Å². The molecule has 1 atom stereocenters. The molecule has 15 heavy (non-hydrogen) atoms. The summed E-state index contributed by atoms with van der Waals surface area (Å²) in [5, 5.41) is 4.18. The molecule has 1 saturated heterocycles. The summed E-state index contributed by atoms with van der Waals surface area (Å²) in [7, 11) is 1.62. The van der Waals surface area contributed by atoms with Gasteiger partial charge in [-0.2, -0.15) is 0 Å². The predicted octanol–water partition coefficient (Wildman–Crippen LogP) is 2.56. The van der Waals surface area contributed by atoms with E-state index in [0.717, 1.165) is 23.6 Å². The number of hydrogen-bond acceptors (Lipinski definition) is 3. The maximum atomic E-state index is 6.13. The molecule has 0 bridgehead atoms. The number of aromatic nitrogens is 1. The van der Waals surface area contributed by atoms with Crippen LogP contribution in [0.1, 0.15) is 30.9 Å². The molecule has 82 valence electrons. The molecule has 1 aromatic heterocycles. The van der Waals surface area contributed by atoms with Gasteiger partial charge in [-0.3, -0.25) is 0 Å². The molecule has 1 aliphatic rings. The first kappa shape index (κ1) is 10.7. The van der Waals surface area contributed by atoms with Crippen LogP contribution in [0.3, 0.4) is 0 Å². The lowest BCUT2D eigenvalue weighted by Crippen LogP contribution is -2.27. The van der Waals surface area contributed by atoms with Crippen LogP contribution in [-0.2, 0) is 0 Å². The minimum atomic E-state index is 0.350. The van der Waals surface area contributed by atoms with Gasteiger partial charge in [0.15, 0.2) is 0 Å². The Kier molecular flexibility index (Phi) is 3.44. The van der Waals surface area contributed by atoms with E-state index < -0.39 is 0 Å². The smallest absolute Gasteiger partial charge is 0.213 e. The lowest BCUT2D eigenvalue weighted by atomic mass is 9.98. The van der Waals surface area contributed by atoms with Crippen molar-refractivity contribution in [3.63, 3.8) is 0 Å². The zero-order chi connectivity index (χ0) is 10.7. The molecule has 0 aromatic carbocycles. The topological polar surface area (TPSA) is 34.1 Å². The molecule has 0 radical (unpaired) electrons. The zero-order valence-corrected chi connectivity index (χ0v) is 9.55. The van der Waals surface area contributed by atoms with Crippen LogP contribution in [0.5, 0.6) is 5.88 Å². The highest BCUT2D eigenvalue weighted by molar-refractivity contribution is 6.31. The van der Waals surface area contributed by atoms with E-state index in [2.05, 4.69) is 10.3 Å². The molecule has 0 saturated carbocycles. The minimum Gasteiger partial charge on any atom is -0.481 e. The summed E-state index contributed by atoms with van der Waals surface area (Å²) in [6.45, 7) is 1.06. The Labute approximate surface area is 94.8 Å². The van der Waals surface area contributed by atoms with Gasteiger partial charge in [0.05, 0.1) is 12.1 Å². The number of ether oxygens (including phenoxy) is 1. The number of rotatable bonds is 2. The van der Waals surface area contributed by atoms with E-state index >= 15 is 0 Å². The molecule has 0 spiro atoms. The van der Waals surface area contributed by atoms with E-state index in [1.54, 1.807) is 13.3 Å². The van der Waals surface area contributed by atoms with Crippen LogP contribution in [0, 0.1) is 0 Å². The van der Waals surface area contributed by atoms with Gasteiger partial charge in [-0.15, -0.1) is 0 Å². The Balaban J connectivity index is 2.24. The number of hydrogen-bond donors (Lipinski definition) is 1. The molecule has 1 aliphatic heterocycles. The first-order valence-corrected chi connectivity index (χ1v) is 5.62. The Morgan fingerprint density at radius 1 is 1.53 bits per heavy atom. The van der Waals surface area contributed by atoms with Crippen LogP contribution >= 0.6 is 11.6 Å². The Hall–Kier alpha value is -0.800. The molecule has 0 aliphatic carbocycles. The van der Waals surface area contributed by atoms with E-state index in [0.29, 0.717) is 11.9 Å². The fourth-order valence-corrected chi connectivity index (χ4v) is 2.17. The van der Waals surface area contributed by atoms with Crippen molar-refractivity contribution in [2.45, 2.75) is 25.3 Å². The summed E-state index contributed by atoms with van der Waals surface area (Å²) in [4.78, 5) is 4.07. The molecular formula is C11H15ClN2O. The summed E-state index contributed by atoms with van der Waals surface area (Å²) in [5.41, 5.74) is 1.10. The zero-order valence-electron chi connectivity index (χ0n) is 8.79. The monoisotopic (exact) mass is 226 g/mol.